The van der Waals surface area contributed by atoms with Crippen LogP contribution in [0.15, 0.2) is 71.8 Å². The Balaban J connectivity index is 2.06. The highest BCUT2D eigenvalue weighted by molar-refractivity contribution is 7.89. The molecule has 0 saturated heterocycles. The summed E-state index contributed by atoms with van der Waals surface area (Å²) in [5, 5.41) is 4.46. The lowest BCUT2D eigenvalue weighted by Crippen LogP contribution is -2.32. The lowest BCUT2D eigenvalue weighted by Gasteiger charge is -2.24. The van der Waals surface area contributed by atoms with Crippen LogP contribution in [0.3, 0.4) is 0 Å². The number of hydrogen-bond donors (Lipinski definition) is 0. The average molecular weight is 398 g/mol. The van der Waals surface area contributed by atoms with Crippen molar-refractivity contribution in [3.05, 3.63) is 83.7 Å². The normalized spacial score (nSPS) is 12.5. The van der Waals surface area contributed by atoms with E-state index in [1.165, 1.54) is 4.31 Å². The van der Waals surface area contributed by atoms with Crippen molar-refractivity contribution in [1.29, 1.82) is 0 Å². The summed E-state index contributed by atoms with van der Waals surface area (Å²) in [4.78, 5) is 0.273. The monoisotopic (exact) mass is 397 g/mol. The molecule has 0 aliphatic heterocycles. The molecule has 0 fully saturated rings. The van der Waals surface area contributed by atoms with Crippen molar-refractivity contribution in [1.82, 2.24) is 14.1 Å². The van der Waals surface area contributed by atoms with Gasteiger partial charge in [-0.1, -0.05) is 81.4 Å². The van der Waals surface area contributed by atoms with Crippen molar-refractivity contribution >= 4 is 10.0 Å². The maximum Gasteiger partial charge on any atom is 0.247 e. The fourth-order valence-corrected chi connectivity index (χ4v) is 4.91. The van der Waals surface area contributed by atoms with Crippen LogP contribution in [-0.4, -0.2) is 22.5 Å². The first-order valence-corrected chi connectivity index (χ1v) is 10.7. The molecular formula is C22H27N3O2S. The van der Waals surface area contributed by atoms with Gasteiger partial charge in [0.25, 0.3) is 0 Å². The molecule has 0 N–H and O–H groups in total. The number of rotatable bonds is 6. The Morgan fingerprint density at radius 1 is 0.893 bits per heavy atom. The third kappa shape index (κ3) is 4.51. The minimum Gasteiger partial charge on any atom is -0.274 e. The second kappa shape index (κ2) is 7.89. The maximum atomic E-state index is 13.7. The van der Waals surface area contributed by atoms with Gasteiger partial charge in [-0.2, -0.15) is 9.40 Å². The summed E-state index contributed by atoms with van der Waals surface area (Å²) in [6.45, 7) is 6.54. The van der Waals surface area contributed by atoms with Crippen molar-refractivity contribution in [3.63, 3.8) is 0 Å². The molecule has 1 aromatic heterocycles. The van der Waals surface area contributed by atoms with Gasteiger partial charge < -0.3 is 0 Å². The van der Waals surface area contributed by atoms with Gasteiger partial charge in [-0.25, -0.2) is 8.42 Å². The van der Waals surface area contributed by atoms with Gasteiger partial charge in [-0.15, -0.1) is 0 Å². The first-order chi connectivity index (χ1) is 13.2. The minimum absolute atomic E-state index is 0.273. The molecule has 0 radical (unpaired) electrons. The third-order valence-corrected chi connectivity index (χ3v) is 6.32. The van der Waals surface area contributed by atoms with E-state index in [0.717, 1.165) is 11.1 Å². The Morgan fingerprint density at radius 3 is 1.79 bits per heavy atom. The molecule has 3 rings (SSSR count). The number of aromatic nitrogens is 2. The predicted octanol–water partition coefficient (Wildman–Crippen LogP) is 4.11. The number of sulfonamides is 1. The summed E-state index contributed by atoms with van der Waals surface area (Å²) in [5.41, 5.74) is 2.10. The van der Waals surface area contributed by atoms with Crippen LogP contribution >= 0.6 is 0 Å². The second-order valence-electron chi connectivity index (χ2n) is 8.01. The first kappa shape index (κ1) is 20.3. The van der Waals surface area contributed by atoms with E-state index >= 15 is 0 Å². The highest BCUT2D eigenvalue weighted by Gasteiger charge is 2.33. The molecule has 0 aliphatic carbocycles. The summed E-state index contributed by atoms with van der Waals surface area (Å²) in [7, 11) is -1.98. The van der Waals surface area contributed by atoms with E-state index in [0.29, 0.717) is 18.8 Å². The summed E-state index contributed by atoms with van der Waals surface area (Å²) >= 11 is 0. The van der Waals surface area contributed by atoms with E-state index < -0.39 is 10.0 Å². The zero-order chi connectivity index (χ0) is 20.4. The fourth-order valence-electron chi connectivity index (χ4n) is 3.11. The molecule has 0 atom stereocenters. The SMILES string of the molecule is Cn1cc(S(=O)(=O)N(Cc2ccccc2)Cc2ccccc2)c(C(C)(C)C)n1. The van der Waals surface area contributed by atoms with Gasteiger partial charge in [0.2, 0.25) is 10.0 Å². The Kier molecular flexibility index (Phi) is 5.72. The van der Waals surface area contributed by atoms with Gasteiger partial charge in [-0.05, 0) is 11.1 Å². The van der Waals surface area contributed by atoms with E-state index in [4.69, 9.17) is 0 Å². The number of benzene rings is 2. The van der Waals surface area contributed by atoms with Crippen LogP contribution in [0.5, 0.6) is 0 Å². The summed E-state index contributed by atoms with van der Waals surface area (Å²) in [5.74, 6) is 0. The van der Waals surface area contributed by atoms with Crippen molar-refractivity contribution in [3.8, 4) is 0 Å². The van der Waals surface area contributed by atoms with Gasteiger partial charge >= 0.3 is 0 Å². The standard InChI is InChI=1S/C22H27N3O2S/c1-22(2,3)21-20(17-24(4)23-21)28(26,27)25(15-18-11-7-5-8-12-18)16-19-13-9-6-10-14-19/h5-14,17H,15-16H2,1-4H3. The summed E-state index contributed by atoms with van der Waals surface area (Å²) < 4.78 is 30.5. The molecule has 0 saturated carbocycles. The van der Waals surface area contributed by atoms with E-state index in [1.807, 2.05) is 81.4 Å². The fraction of sp³-hybridized carbons (Fsp3) is 0.318. The van der Waals surface area contributed by atoms with E-state index in [1.54, 1.807) is 17.9 Å². The molecule has 0 bridgehead atoms. The number of aryl methyl sites for hydroxylation is 1. The zero-order valence-electron chi connectivity index (χ0n) is 16.8. The van der Waals surface area contributed by atoms with Gasteiger partial charge in [-0.3, -0.25) is 4.68 Å². The van der Waals surface area contributed by atoms with E-state index in [-0.39, 0.29) is 10.3 Å². The Labute approximate surface area is 167 Å². The number of nitrogens with zero attached hydrogens (tertiary/aromatic N) is 3. The van der Waals surface area contributed by atoms with Crippen LogP contribution in [0, 0.1) is 0 Å². The lowest BCUT2D eigenvalue weighted by atomic mass is 9.92. The van der Waals surface area contributed by atoms with Gasteiger partial charge in [0.1, 0.15) is 4.90 Å². The minimum atomic E-state index is -3.74. The molecule has 1 heterocycles. The van der Waals surface area contributed by atoms with Gasteiger partial charge in [0, 0.05) is 31.7 Å². The molecule has 0 amide bonds. The Morgan fingerprint density at radius 2 is 1.36 bits per heavy atom. The Bertz CT molecular complexity index is 979. The van der Waals surface area contributed by atoms with Crippen molar-refractivity contribution in [2.24, 2.45) is 7.05 Å². The molecule has 0 spiro atoms. The van der Waals surface area contributed by atoms with Crippen LogP contribution in [-0.2, 0) is 35.6 Å². The topological polar surface area (TPSA) is 55.2 Å². The molecule has 28 heavy (non-hydrogen) atoms. The smallest absolute Gasteiger partial charge is 0.247 e. The van der Waals surface area contributed by atoms with Gasteiger partial charge in [0.05, 0.1) is 5.69 Å². The molecule has 2 aromatic carbocycles. The molecule has 0 unspecified atom stereocenters. The molecular weight excluding hydrogens is 370 g/mol. The summed E-state index contributed by atoms with van der Waals surface area (Å²) in [6, 6.07) is 19.3. The highest BCUT2D eigenvalue weighted by Crippen LogP contribution is 2.30. The molecule has 5 nitrogen and oxygen atoms in total. The third-order valence-electron chi connectivity index (χ3n) is 4.53. The second-order valence-corrected chi connectivity index (χ2v) is 9.92. The molecule has 0 aliphatic rings. The average Bonchev–Trinajstić information content (AvgIpc) is 3.06. The van der Waals surface area contributed by atoms with Crippen LogP contribution in [0.4, 0.5) is 0 Å². The molecule has 148 valence electrons. The highest BCUT2D eigenvalue weighted by atomic mass is 32.2. The van der Waals surface area contributed by atoms with Crippen LogP contribution in [0.1, 0.15) is 37.6 Å². The van der Waals surface area contributed by atoms with Crippen molar-refractivity contribution in [2.45, 2.75) is 44.2 Å². The van der Waals surface area contributed by atoms with Crippen LogP contribution in [0.2, 0.25) is 0 Å². The van der Waals surface area contributed by atoms with Crippen LogP contribution < -0.4 is 0 Å². The number of hydrogen-bond acceptors (Lipinski definition) is 3. The van der Waals surface area contributed by atoms with E-state index in [9.17, 15) is 8.42 Å². The zero-order valence-corrected chi connectivity index (χ0v) is 17.6. The predicted molar refractivity (Wildman–Crippen MR) is 111 cm³/mol. The lowest BCUT2D eigenvalue weighted by molar-refractivity contribution is 0.399. The Hall–Kier alpha value is -2.44. The molecule has 3 aromatic rings. The van der Waals surface area contributed by atoms with Gasteiger partial charge in [0.15, 0.2) is 0 Å². The van der Waals surface area contributed by atoms with Crippen molar-refractivity contribution < 1.29 is 8.42 Å². The molecule has 6 heteroatoms. The first-order valence-electron chi connectivity index (χ1n) is 9.30. The van der Waals surface area contributed by atoms with Crippen LogP contribution in [0.25, 0.3) is 0 Å². The quantitative estimate of drug-likeness (QED) is 0.629. The van der Waals surface area contributed by atoms with E-state index in [2.05, 4.69) is 5.10 Å². The summed E-state index contributed by atoms with van der Waals surface area (Å²) in [6.07, 6.45) is 1.61. The van der Waals surface area contributed by atoms with Crippen molar-refractivity contribution in [2.75, 3.05) is 0 Å². The maximum absolute atomic E-state index is 13.7. The largest absolute Gasteiger partial charge is 0.274 e.